The van der Waals surface area contributed by atoms with Crippen LogP contribution in [0.25, 0.3) is 0 Å². The Bertz CT molecular complexity index is 364. The molecule has 15 heavy (non-hydrogen) atoms. The molecule has 1 aromatic rings. The monoisotopic (exact) mass is 273 g/mol. The first-order chi connectivity index (χ1) is 7.20. The van der Waals surface area contributed by atoms with Gasteiger partial charge in [-0.15, -0.1) is 0 Å². The standard InChI is InChI=1S/C11H13BrFNO/c1-7-8(2-3-9(13)11(7)12)10-6-15-5-4-14-10/h2-3,10,14H,4-6H2,1H3. The van der Waals surface area contributed by atoms with E-state index < -0.39 is 0 Å². The second kappa shape index (κ2) is 4.60. The summed E-state index contributed by atoms with van der Waals surface area (Å²) in [4.78, 5) is 0. The molecule has 0 aliphatic carbocycles. The average Bonchev–Trinajstić information content (AvgIpc) is 2.27. The summed E-state index contributed by atoms with van der Waals surface area (Å²) in [5.41, 5.74) is 2.04. The molecule has 1 N–H and O–H groups in total. The molecule has 1 aromatic carbocycles. The molecule has 0 aromatic heterocycles. The highest BCUT2D eigenvalue weighted by atomic mass is 79.9. The number of rotatable bonds is 1. The predicted molar refractivity (Wildman–Crippen MR) is 60.4 cm³/mol. The maximum absolute atomic E-state index is 13.2. The maximum Gasteiger partial charge on any atom is 0.137 e. The van der Waals surface area contributed by atoms with Crippen molar-refractivity contribution < 1.29 is 9.13 Å². The third-order valence-corrected chi connectivity index (χ3v) is 3.65. The molecule has 1 atom stereocenters. The number of benzene rings is 1. The van der Waals surface area contributed by atoms with Gasteiger partial charge in [0.15, 0.2) is 0 Å². The van der Waals surface area contributed by atoms with E-state index in [4.69, 9.17) is 4.74 Å². The second-order valence-corrected chi connectivity index (χ2v) is 4.45. The van der Waals surface area contributed by atoms with Crippen molar-refractivity contribution in [3.63, 3.8) is 0 Å². The summed E-state index contributed by atoms with van der Waals surface area (Å²) in [7, 11) is 0. The highest BCUT2D eigenvalue weighted by molar-refractivity contribution is 9.10. The molecule has 1 aliphatic heterocycles. The Balaban J connectivity index is 2.31. The second-order valence-electron chi connectivity index (χ2n) is 3.66. The molecule has 1 fully saturated rings. The van der Waals surface area contributed by atoms with Crippen molar-refractivity contribution in [1.82, 2.24) is 5.32 Å². The Kier molecular flexibility index (Phi) is 3.38. The van der Waals surface area contributed by atoms with E-state index in [-0.39, 0.29) is 11.9 Å². The Morgan fingerprint density at radius 3 is 3.00 bits per heavy atom. The molecular formula is C11H13BrFNO. The first kappa shape index (κ1) is 11.0. The zero-order valence-corrected chi connectivity index (χ0v) is 10.1. The van der Waals surface area contributed by atoms with Gasteiger partial charge in [0.05, 0.1) is 23.7 Å². The molecule has 0 bridgehead atoms. The number of ether oxygens (including phenoxy) is 1. The minimum Gasteiger partial charge on any atom is -0.378 e. The van der Waals surface area contributed by atoms with E-state index in [1.54, 1.807) is 0 Å². The lowest BCUT2D eigenvalue weighted by Gasteiger charge is -2.25. The molecule has 0 saturated carbocycles. The SMILES string of the molecule is Cc1c(C2COCCN2)ccc(F)c1Br. The average molecular weight is 274 g/mol. The van der Waals surface area contributed by atoms with Gasteiger partial charge in [0.1, 0.15) is 5.82 Å². The van der Waals surface area contributed by atoms with Crippen LogP contribution in [0.4, 0.5) is 4.39 Å². The summed E-state index contributed by atoms with van der Waals surface area (Å²) in [5.74, 6) is -0.215. The van der Waals surface area contributed by atoms with E-state index in [0.29, 0.717) is 11.1 Å². The van der Waals surface area contributed by atoms with Gasteiger partial charge in [0.25, 0.3) is 0 Å². The first-order valence-corrected chi connectivity index (χ1v) is 5.75. The molecule has 1 heterocycles. The molecule has 82 valence electrons. The number of morpholine rings is 1. The van der Waals surface area contributed by atoms with Crippen molar-refractivity contribution >= 4 is 15.9 Å². The van der Waals surface area contributed by atoms with E-state index in [1.807, 2.05) is 13.0 Å². The molecular weight excluding hydrogens is 261 g/mol. The zero-order valence-electron chi connectivity index (χ0n) is 8.52. The van der Waals surface area contributed by atoms with Crippen molar-refractivity contribution in [3.8, 4) is 0 Å². The van der Waals surface area contributed by atoms with Gasteiger partial charge in [-0.05, 0) is 40.0 Å². The molecule has 0 radical (unpaired) electrons. The van der Waals surface area contributed by atoms with Gasteiger partial charge in [-0.3, -0.25) is 0 Å². The predicted octanol–water partition coefficient (Wildman–Crippen LogP) is 2.56. The summed E-state index contributed by atoms with van der Waals surface area (Å²) in [6.45, 7) is 4.16. The van der Waals surface area contributed by atoms with Gasteiger partial charge in [-0.25, -0.2) is 4.39 Å². The van der Waals surface area contributed by atoms with E-state index in [2.05, 4.69) is 21.2 Å². The molecule has 1 unspecified atom stereocenters. The smallest absolute Gasteiger partial charge is 0.137 e. The molecule has 1 saturated heterocycles. The van der Waals surface area contributed by atoms with Crippen LogP contribution >= 0.6 is 15.9 Å². The Hall–Kier alpha value is -0.450. The fourth-order valence-corrected chi connectivity index (χ4v) is 2.17. The molecule has 2 rings (SSSR count). The summed E-state index contributed by atoms with van der Waals surface area (Å²) in [5, 5.41) is 3.35. The van der Waals surface area contributed by atoms with Crippen LogP contribution in [0, 0.1) is 12.7 Å². The van der Waals surface area contributed by atoms with Crippen LogP contribution in [-0.4, -0.2) is 19.8 Å². The summed E-state index contributed by atoms with van der Waals surface area (Å²) in [6.07, 6.45) is 0. The lowest BCUT2D eigenvalue weighted by Crippen LogP contribution is -2.35. The molecule has 1 aliphatic rings. The van der Waals surface area contributed by atoms with Crippen molar-refractivity contribution in [2.75, 3.05) is 19.8 Å². The third kappa shape index (κ3) is 2.22. The minimum atomic E-state index is -0.215. The molecule has 2 nitrogen and oxygen atoms in total. The van der Waals surface area contributed by atoms with E-state index in [9.17, 15) is 4.39 Å². The summed E-state index contributed by atoms with van der Waals surface area (Å²) in [6, 6.07) is 3.49. The molecule has 0 amide bonds. The van der Waals surface area contributed by atoms with Crippen LogP contribution in [0.15, 0.2) is 16.6 Å². The molecule has 4 heteroatoms. The van der Waals surface area contributed by atoms with Gasteiger partial charge in [0, 0.05) is 6.54 Å². The lowest BCUT2D eigenvalue weighted by atomic mass is 10.0. The van der Waals surface area contributed by atoms with Gasteiger partial charge < -0.3 is 10.1 Å². The fraction of sp³-hybridized carbons (Fsp3) is 0.455. The highest BCUT2D eigenvalue weighted by Crippen LogP contribution is 2.28. The maximum atomic E-state index is 13.2. The fourth-order valence-electron chi connectivity index (χ4n) is 1.81. The van der Waals surface area contributed by atoms with Gasteiger partial charge in [0.2, 0.25) is 0 Å². The Morgan fingerprint density at radius 2 is 2.33 bits per heavy atom. The van der Waals surface area contributed by atoms with Crippen LogP contribution in [0.3, 0.4) is 0 Å². The van der Waals surface area contributed by atoms with Gasteiger partial charge >= 0.3 is 0 Å². The van der Waals surface area contributed by atoms with Crippen LogP contribution in [0.5, 0.6) is 0 Å². The quantitative estimate of drug-likeness (QED) is 0.849. The van der Waals surface area contributed by atoms with Crippen LogP contribution < -0.4 is 5.32 Å². The zero-order chi connectivity index (χ0) is 10.8. The normalized spacial score (nSPS) is 21.7. The lowest BCUT2D eigenvalue weighted by molar-refractivity contribution is 0.0766. The van der Waals surface area contributed by atoms with E-state index >= 15 is 0 Å². The number of hydrogen-bond donors (Lipinski definition) is 1. The Morgan fingerprint density at radius 1 is 1.53 bits per heavy atom. The number of hydrogen-bond acceptors (Lipinski definition) is 2. The highest BCUT2D eigenvalue weighted by Gasteiger charge is 2.19. The van der Waals surface area contributed by atoms with Crippen molar-refractivity contribution in [1.29, 1.82) is 0 Å². The van der Waals surface area contributed by atoms with E-state index in [1.165, 1.54) is 6.07 Å². The number of nitrogens with one attached hydrogen (secondary N) is 1. The van der Waals surface area contributed by atoms with Crippen LogP contribution in [-0.2, 0) is 4.74 Å². The Labute approximate surface area is 96.9 Å². The van der Waals surface area contributed by atoms with Crippen molar-refractivity contribution in [2.45, 2.75) is 13.0 Å². The summed E-state index contributed by atoms with van der Waals surface area (Å²) < 4.78 is 19.2. The van der Waals surface area contributed by atoms with Crippen molar-refractivity contribution in [2.24, 2.45) is 0 Å². The van der Waals surface area contributed by atoms with Crippen LogP contribution in [0.2, 0.25) is 0 Å². The summed E-state index contributed by atoms with van der Waals surface area (Å²) >= 11 is 3.25. The number of halogens is 2. The first-order valence-electron chi connectivity index (χ1n) is 4.96. The van der Waals surface area contributed by atoms with Crippen molar-refractivity contribution in [3.05, 3.63) is 33.5 Å². The third-order valence-electron chi connectivity index (χ3n) is 2.68. The van der Waals surface area contributed by atoms with Crippen LogP contribution in [0.1, 0.15) is 17.2 Å². The van der Waals surface area contributed by atoms with Gasteiger partial charge in [-0.2, -0.15) is 0 Å². The largest absolute Gasteiger partial charge is 0.378 e. The minimum absolute atomic E-state index is 0.177. The molecule has 0 spiro atoms. The van der Waals surface area contributed by atoms with E-state index in [0.717, 1.165) is 24.3 Å². The van der Waals surface area contributed by atoms with Gasteiger partial charge in [-0.1, -0.05) is 6.07 Å². The topological polar surface area (TPSA) is 21.3 Å².